The fraction of sp³-hybridized carbons (Fsp3) is 0.684. The van der Waals surface area contributed by atoms with Crippen LogP contribution in [0.5, 0.6) is 5.75 Å². The smallest absolute Gasteiger partial charge is 0.115 e. The third kappa shape index (κ3) is 2.77. The number of benzene rings is 1. The first kappa shape index (κ1) is 17.1. The van der Waals surface area contributed by atoms with E-state index in [4.69, 9.17) is 4.74 Å². The molecule has 4 rings (SSSR count). The summed E-state index contributed by atoms with van der Waals surface area (Å²) in [6.07, 6.45) is 5.17. The Morgan fingerprint density at radius 2 is 2.22 bits per heavy atom. The lowest BCUT2D eigenvalue weighted by Crippen LogP contribution is -2.59. The highest BCUT2D eigenvalue weighted by atomic mass is 35.5. The maximum absolute atomic E-state index is 9.90. The molecule has 0 spiro atoms. The average molecular weight is 338 g/mol. The van der Waals surface area contributed by atoms with Crippen LogP contribution < -0.4 is 0 Å². The Balaban J connectivity index is 0.00000156. The summed E-state index contributed by atoms with van der Waals surface area (Å²) in [4.78, 5) is 2.68. The number of fused-ring (bicyclic) bond motifs is 4. The molecule has 2 bridgehead atoms. The molecule has 0 aromatic heterocycles. The number of ether oxygens (including phenoxy) is 1. The van der Waals surface area contributed by atoms with E-state index in [1.807, 2.05) is 12.1 Å². The van der Waals surface area contributed by atoms with Gasteiger partial charge in [-0.1, -0.05) is 19.9 Å². The molecule has 2 fully saturated rings. The molecule has 1 aromatic carbocycles. The number of rotatable bonds is 2. The van der Waals surface area contributed by atoms with Crippen molar-refractivity contribution in [2.24, 2.45) is 5.92 Å². The Labute approximate surface area is 145 Å². The number of hydrogen-bond acceptors (Lipinski definition) is 3. The van der Waals surface area contributed by atoms with E-state index in [2.05, 4.69) is 24.8 Å². The summed E-state index contributed by atoms with van der Waals surface area (Å²) in [7, 11) is 0. The standard InChI is InChI=1S/C19H27NO2.ClH/c1-13-18-10-14-5-6-15(21)11-17(14)19(13,2)7-8-20(18)12-16-4-3-9-22-16;/h5-6,11,13,16,18,21H,3-4,7-10,12H2,1-2H3;1H/t13?,16-,18+,19+;/m1./s1. The molecule has 4 atom stereocenters. The van der Waals surface area contributed by atoms with E-state index in [0.29, 0.717) is 23.8 Å². The monoisotopic (exact) mass is 337 g/mol. The molecule has 0 amide bonds. The fourth-order valence-corrected chi connectivity index (χ4v) is 4.97. The van der Waals surface area contributed by atoms with Gasteiger partial charge in [-0.25, -0.2) is 0 Å². The zero-order chi connectivity index (χ0) is 15.3. The lowest BCUT2D eigenvalue weighted by molar-refractivity contribution is -0.00671. The molecule has 1 N–H and O–H groups in total. The summed E-state index contributed by atoms with van der Waals surface area (Å²) in [5.41, 5.74) is 3.01. The Kier molecular flexibility index (Phi) is 4.65. The van der Waals surface area contributed by atoms with E-state index in [1.165, 1.54) is 30.4 Å². The predicted molar refractivity (Wildman–Crippen MR) is 94.5 cm³/mol. The minimum Gasteiger partial charge on any atom is -0.508 e. The molecule has 3 aliphatic rings. The number of likely N-dealkylation sites (tertiary alicyclic amines) is 1. The summed E-state index contributed by atoms with van der Waals surface area (Å²) in [6, 6.07) is 6.60. The molecule has 128 valence electrons. The largest absolute Gasteiger partial charge is 0.508 e. The summed E-state index contributed by atoms with van der Waals surface area (Å²) in [6.45, 7) is 7.99. The van der Waals surface area contributed by atoms with Crippen LogP contribution in [-0.4, -0.2) is 41.8 Å². The Bertz CT molecular complexity index is 572. The van der Waals surface area contributed by atoms with Crippen molar-refractivity contribution in [1.29, 1.82) is 0 Å². The highest BCUT2D eigenvalue weighted by molar-refractivity contribution is 5.85. The number of piperidine rings is 1. The molecule has 2 aliphatic heterocycles. The van der Waals surface area contributed by atoms with Crippen LogP contribution in [0, 0.1) is 5.92 Å². The van der Waals surface area contributed by atoms with E-state index in [-0.39, 0.29) is 17.8 Å². The van der Waals surface area contributed by atoms with E-state index in [9.17, 15) is 5.11 Å². The molecule has 0 saturated carbocycles. The molecule has 4 heteroatoms. The first-order valence-corrected chi connectivity index (χ1v) is 8.76. The van der Waals surface area contributed by atoms with Crippen LogP contribution in [0.1, 0.15) is 44.2 Å². The summed E-state index contributed by atoms with van der Waals surface area (Å²) in [5.74, 6) is 1.03. The summed E-state index contributed by atoms with van der Waals surface area (Å²) in [5, 5.41) is 9.90. The Hall–Kier alpha value is -0.770. The van der Waals surface area contributed by atoms with Crippen LogP contribution in [0.15, 0.2) is 18.2 Å². The van der Waals surface area contributed by atoms with Gasteiger partial charge < -0.3 is 9.84 Å². The first-order chi connectivity index (χ1) is 10.6. The zero-order valence-electron chi connectivity index (χ0n) is 14.1. The zero-order valence-corrected chi connectivity index (χ0v) is 14.9. The van der Waals surface area contributed by atoms with Crippen molar-refractivity contribution in [2.45, 2.75) is 57.1 Å². The number of hydrogen-bond donors (Lipinski definition) is 1. The van der Waals surface area contributed by atoms with Crippen molar-refractivity contribution in [2.75, 3.05) is 19.7 Å². The Morgan fingerprint density at radius 3 is 2.96 bits per heavy atom. The third-order valence-corrected chi connectivity index (χ3v) is 6.57. The molecular formula is C19H28ClNO2. The highest BCUT2D eigenvalue weighted by Gasteiger charge is 2.48. The van der Waals surface area contributed by atoms with Gasteiger partial charge in [-0.05, 0) is 66.8 Å². The van der Waals surface area contributed by atoms with Crippen LogP contribution in [0.4, 0.5) is 0 Å². The van der Waals surface area contributed by atoms with Crippen LogP contribution in [0.2, 0.25) is 0 Å². The van der Waals surface area contributed by atoms with Crippen LogP contribution in [0.25, 0.3) is 0 Å². The first-order valence-electron chi connectivity index (χ1n) is 8.76. The van der Waals surface area contributed by atoms with Crippen molar-refractivity contribution in [3.8, 4) is 5.75 Å². The molecule has 3 nitrogen and oxygen atoms in total. The second kappa shape index (κ2) is 6.27. The maximum atomic E-state index is 9.90. The number of halogens is 1. The van der Waals surface area contributed by atoms with Crippen LogP contribution >= 0.6 is 12.4 Å². The average Bonchev–Trinajstić information content (AvgIpc) is 3.00. The van der Waals surface area contributed by atoms with Gasteiger partial charge >= 0.3 is 0 Å². The minimum atomic E-state index is 0. The topological polar surface area (TPSA) is 32.7 Å². The van der Waals surface area contributed by atoms with Gasteiger partial charge in [0.05, 0.1) is 6.10 Å². The lowest BCUT2D eigenvalue weighted by atomic mass is 9.59. The van der Waals surface area contributed by atoms with Gasteiger partial charge in [0.1, 0.15) is 5.75 Å². The van der Waals surface area contributed by atoms with Gasteiger partial charge in [0, 0.05) is 19.2 Å². The fourth-order valence-electron chi connectivity index (χ4n) is 4.97. The molecule has 2 saturated heterocycles. The van der Waals surface area contributed by atoms with E-state index >= 15 is 0 Å². The van der Waals surface area contributed by atoms with E-state index in [0.717, 1.165) is 26.1 Å². The Morgan fingerprint density at radius 1 is 1.39 bits per heavy atom. The number of nitrogens with zero attached hydrogens (tertiary/aromatic N) is 1. The van der Waals surface area contributed by atoms with Gasteiger partial charge in [-0.3, -0.25) is 4.90 Å². The quantitative estimate of drug-likeness (QED) is 0.896. The number of phenols is 1. The molecule has 1 aliphatic carbocycles. The van der Waals surface area contributed by atoms with Crippen LogP contribution in [-0.2, 0) is 16.6 Å². The summed E-state index contributed by atoms with van der Waals surface area (Å²) < 4.78 is 5.86. The molecule has 23 heavy (non-hydrogen) atoms. The van der Waals surface area contributed by atoms with Gasteiger partial charge in [-0.2, -0.15) is 0 Å². The summed E-state index contributed by atoms with van der Waals surface area (Å²) >= 11 is 0. The SMILES string of the molecule is CC1[C@@H]2Cc3ccc(O)cc3[C@@]1(C)CCN2C[C@H]1CCCO1.Cl. The van der Waals surface area contributed by atoms with E-state index < -0.39 is 0 Å². The molecule has 2 heterocycles. The van der Waals surface area contributed by atoms with Crippen molar-refractivity contribution in [1.82, 2.24) is 4.90 Å². The van der Waals surface area contributed by atoms with Gasteiger partial charge in [0.15, 0.2) is 0 Å². The second-order valence-electron chi connectivity index (χ2n) is 7.70. The van der Waals surface area contributed by atoms with Crippen molar-refractivity contribution in [3.05, 3.63) is 29.3 Å². The van der Waals surface area contributed by atoms with Gasteiger partial charge in [0.25, 0.3) is 0 Å². The van der Waals surface area contributed by atoms with Crippen molar-refractivity contribution in [3.63, 3.8) is 0 Å². The second-order valence-corrected chi connectivity index (χ2v) is 7.70. The third-order valence-electron chi connectivity index (χ3n) is 6.57. The molecule has 1 aromatic rings. The highest BCUT2D eigenvalue weighted by Crippen LogP contribution is 2.49. The van der Waals surface area contributed by atoms with Crippen LogP contribution in [0.3, 0.4) is 0 Å². The normalized spacial score (nSPS) is 36.3. The van der Waals surface area contributed by atoms with Crippen molar-refractivity contribution >= 4 is 12.4 Å². The van der Waals surface area contributed by atoms with Crippen molar-refractivity contribution < 1.29 is 9.84 Å². The molecule has 1 unspecified atom stereocenters. The van der Waals surface area contributed by atoms with Gasteiger partial charge in [0.2, 0.25) is 0 Å². The maximum Gasteiger partial charge on any atom is 0.115 e. The van der Waals surface area contributed by atoms with E-state index in [1.54, 1.807) is 0 Å². The predicted octanol–water partition coefficient (Wildman–Crippen LogP) is 3.52. The number of phenolic OH excluding ortho intramolecular Hbond substituents is 1. The minimum absolute atomic E-state index is 0. The molecule has 0 radical (unpaired) electrons. The number of aromatic hydroxyl groups is 1. The lowest BCUT2D eigenvalue weighted by Gasteiger charge is -2.55. The van der Waals surface area contributed by atoms with Gasteiger partial charge in [-0.15, -0.1) is 12.4 Å². The molecular weight excluding hydrogens is 310 g/mol.